The van der Waals surface area contributed by atoms with E-state index in [1.165, 1.54) is 12.2 Å². The Kier molecular flexibility index (Phi) is 3.10. The monoisotopic (exact) mass is 255 g/mol. The molecule has 0 amide bonds. The zero-order chi connectivity index (χ0) is 11.7. The molecule has 0 aromatic carbocycles. The van der Waals surface area contributed by atoms with Crippen molar-refractivity contribution in [3.63, 3.8) is 0 Å². The van der Waals surface area contributed by atoms with E-state index >= 15 is 0 Å². The Morgan fingerprint density at radius 3 is 3.18 bits per heavy atom. The fourth-order valence-electron chi connectivity index (χ4n) is 2.27. The lowest BCUT2D eigenvalue weighted by Gasteiger charge is -2.20. The van der Waals surface area contributed by atoms with Crippen LogP contribution in [0.4, 0.5) is 0 Å². The van der Waals surface area contributed by atoms with E-state index < -0.39 is 0 Å². The Morgan fingerprint density at radius 2 is 2.47 bits per heavy atom. The van der Waals surface area contributed by atoms with Gasteiger partial charge in [-0.1, -0.05) is 5.16 Å². The fraction of sp³-hybridized carbons (Fsp3) is 0.818. The summed E-state index contributed by atoms with van der Waals surface area (Å²) < 4.78 is 10.8. The summed E-state index contributed by atoms with van der Waals surface area (Å²) in [6.07, 6.45) is 2.34. The second-order valence-electron chi connectivity index (χ2n) is 4.72. The summed E-state index contributed by atoms with van der Waals surface area (Å²) in [6.45, 7) is 4.42. The summed E-state index contributed by atoms with van der Waals surface area (Å²) in [4.78, 5) is 4.55. The highest BCUT2D eigenvalue weighted by atomic mass is 32.2. The van der Waals surface area contributed by atoms with E-state index in [1.807, 2.05) is 11.8 Å². The first-order chi connectivity index (χ1) is 8.28. The Labute approximate surface area is 105 Å². The SMILES string of the molecule is CC1(c2nc(C3COCCN3)no2)CCCS1. The third-order valence-corrected chi connectivity index (χ3v) is 4.85. The maximum absolute atomic E-state index is 5.43. The Morgan fingerprint density at radius 1 is 1.53 bits per heavy atom. The van der Waals surface area contributed by atoms with Gasteiger partial charge in [-0.3, -0.25) is 0 Å². The molecule has 2 saturated heterocycles. The van der Waals surface area contributed by atoms with Crippen LogP contribution in [0.25, 0.3) is 0 Å². The summed E-state index contributed by atoms with van der Waals surface area (Å²) in [5.41, 5.74) is 0. The van der Waals surface area contributed by atoms with E-state index in [1.54, 1.807) is 0 Å². The zero-order valence-corrected chi connectivity index (χ0v) is 10.8. The quantitative estimate of drug-likeness (QED) is 0.863. The predicted molar refractivity (Wildman–Crippen MR) is 64.9 cm³/mol. The third-order valence-electron chi connectivity index (χ3n) is 3.35. The van der Waals surface area contributed by atoms with E-state index in [0.29, 0.717) is 6.61 Å². The molecule has 3 rings (SSSR count). The summed E-state index contributed by atoms with van der Waals surface area (Å²) >= 11 is 1.91. The minimum absolute atomic E-state index is 0.0147. The number of nitrogens with one attached hydrogen (secondary N) is 1. The molecule has 2 fully saturated rings. The summed E-state index contributed by atoms with van der Waals surface area (Å²) in [7, 11) is 0. The first kappa shape index (κ1) is 11.5. The maximum Gasteiger partial charge on any atom is 0.242 e. The van der Waals surface area contributed by atoms with Crippen molar-refractivity contribution in [3.05, 3.63) is 11.7 Å². The van der Waals surface area contributed by atoms with Gasteiger partial charge in [-0.15, -0.1) is 11.8 Å². The Hall–Kier alpha value is -0.590. The third kappa shape index (κ3) is 2.21. The van der Waals surface area contributed by atoms with Gasteiger partial charge in [-0.05, 0) is 25.5 Å². The molecule has 0 bridgehead atoms. The molecule has 0 saturated carbocycles. The molecular formula is C11H17N3O2S. The van der Waals surface area contributed by atoms with Crippen LogP contribution in [0.5, 0.6) is 0 Å². The summed E-state index contributed by atoms with van der Waals surface area (Å²) in [6, 6.07) is 0.0799. The van der Waals surface area contributed by atoms with Gasteiger partial charge in [0.1, 0.15) is 0 Å². The molecule has 2 unspecified atom stereocenters. The molecule has 1 N–H and O–H groups in total. The highest BCUT2D eigenvalue weighted by Crippen LogP contribution is 2.45. The molecule has 17 heavy (non-hydrogen) atoms. The number of nitrogens with zero attached hydrogens (tertiary/aromatic N) is 2. The number of hydrogen-bond acceptors (Lipinski definition) is 6. The minimum atomic E-state index is 0.0147. The molecule has 0 aliphatic carbocycles. The summed E-state index contributed by atoms with van der Waals surface area (Å²) in [5, 5.41) is 7.42. The van der Waals surface area contributed by atoms with Crippen molar-refractivity contribution in [1.29, 1.82) is 0 Å². The van der Waals surface area contributed by atoms with E-state index in [0.717, 1.165) is 31.3 Å². The molecule has 1 aromatic heterocycles. The van der Waals surface area contributed by atoms with E-state index in [4.69, 9.17) is 9.26 Å². The van der Waals surface area contributed by atoms with Crippen LogP contribution in [-0.2, 0) is 9.48 Å². The Bertz CT molecular complexity index is 384. The van der Waals surface area contributed by atoms with Gasteiger partial charge in [-0.25, -0.2) is 0 Å². The molecule has 1 aromatic rings. The van der Waals surface area contributed by atoms with Crippen LogP contribution in [0, 0.1) is 0 Å². The van der Waals surface area contributed by atoms with E-state index in [-0.39, 0.29) is 10.8 Å². The van der Waals surface area contributed by atoms with Crippen LogP contribution in [0.1, 0.15) is 37.5 Å². The lowest BCUT2D eigenvalue weighted by Crippen LogP contribution is -2.35. The number of hydrogen-bond donors (Lipinski definition) is 1. The van der Waals surface area contributed by atoms with Crippen molar-refractivity contribution in [3.8, 4) is 0 Å². The van der Waals surface area contributed by atoms with Crippen LogP contribution in [0.15, 0.2) is 4.52 Å². The highest BCUT2D eigenvalue weighted by molar-refractivity contribution is 8.00. The standard InChI is InChI=1S/C11H17N3O2S/c1-11(3-2-6-17-11)10-13-9(14-16-10)8-7-15-5-4-12-8/h8,12H,2-7H2,1H3. The van der Waals surface area contributed by atoms with Crippen LogP contribution < -0.4 is 5.32 Å². The predicted octanol–water partition coefficient (Wildman–Crippen LogP) is 1.47. The molecule has 0 radical (unpaired) electrons. The lowest BCUT2D eigenvalue weighted by atomic mass is 10.1. The molecule has 2 aliphatic heterocycles. The van der Waals surface area contributed by atoms with Crippen molar-refractivity contribution in [1.82, 2.24) is 15.5 Å². The van der Waals surface area contributed by atoms with Gasteiger partial charge in [0.05, 0.1) is 24.0 Å². The smallest absolute Gasteiger partial charge is 0.242 e. The largest absolute Gasteiger partial charge is 0.378 e. The van der Waals surface area contributed by atoms with Crippen molar-refractivity contribution in [2.24, 2.45) is 0 Å². The average molecular weight is 255 g/mol. The fourth-order valence-corrected chi connectivity index (χ4v) is 3.50. The van der Waals surface area contributed by atoms with Gasteiger partial charge in [0, 0.05) is 6.54 Å². The van der Waals surface area contributed by atoms with Crippen molar-refractivity contribution in [2.45, 2.75) is 30.6 Å². The number of morpholine rings is 1. The van der Waals surface area contributed by atoms with Gasteiger partial charge in [-0.2, -0.15) is 4.98 Å². The van der Waals surface area contributed by atoms with Crippen molar-refractivity contribution < 1.29 is 9.26 Å². The Balaban J connectivity index is 1.77. The van der Waals surface area contributed by atoms with Crippen LogP contribution >= 0.6 is 11.8 Å². The lowest BCUT2D eigenvalue weighted by molar-refractivity contribution is 0.0734. The van der Waals surface area contributed by atoms with Crippen molar-refractivity contribution in [2.75, 3.05) is 25.5 Å². The highest BCUT2D eigenvalue weighted by Gasteiger charge is 2.37. The number of aromatic nitrogens is 2. The number of rotatable bonds is 2. The topological polar surface area (TPSA) is 60.2 Å². The average Bonchev–Trinajstić information content (AvgIpc) is 2.99. The number of ether oxygens (including phenoxy) is 1. The first-order valence-electron chi connectivity index (χ1n) is 6.07. The molecule has 3 heterocycles. The van der Waals surface area contributed by atoms with Gasteiger partial charge >= 0.3 is 0 Å². The molecule has 0 spiro atoms. The first-order valence-corrected chi connectivity index (χ1v) is 7.06. The molecule has 6 heteroatoms. The van der Waals surface area contributed by atoms with Crippen LogP contribution in [-0.4, -0.2) is 35.7 Å². The van der Waals surface area contributed by atoms with Crippen LogP contribution in [0.3, 0.4) is 0 Å². The molecular weight excluding hydrogens is 238 g/mol. The zero-order valence-electron chi connectivity index (χ0n) is 9.94. The van der Waals surface area contributed by atoms with E-state index in [9.17, 15) is 0 Å². The summed E-state index contributed by atoms with van der Waals surface area (Å²) in [5.74, 6) is 2.68. The number of thioether (sulfide) groups is 1. The molecule has 5 nitrogen and oxygen atoms in total. The second-order valence-corrected chi connectivity index (χ2v) is 6.32. The van der Waals surface area contributed by atoms with Crippen molar-refractivity contribution >= 4 is 11.8 Å². The van der Waals surface area contributed by atoms with Gasteiger partial charge in [0.2, 0.25) is 5.89 Å². The maximum atomic E-state index is 5.43. The molecule has 2 aliphatic rings. The van der Waals surface area contributed by atoms with Gasteiger partial charge in [0.25, 0.3) is 0 Å². The minimum Gasteiger partial charge on any atom is -0.378 e. The van der Waals surface area contributed by atoms with Crippen LogP contribution in [0.2, 0.25) is 0 Å². The van der Waals surface area contributed by atoms with Gasteiger partial charge < -0.3 is 14.6 Å². The second kappa shape index (κ2) is 4.59. The van der Waals surface area contributed by atoms with Gasteiger partial charge in [0.15, 0.2) is 5.82 Å². The molecule has 94 valence electrons. The van der Waals surface area contributed by atoms with E-state index in [2.05, 4.69) is 22.4 Å². The normalized spacial score (nSPS) is 34.1. The molecule has 2 atom stereocenters.